The van der Waals surface area contributed by atoms with E-state index in [9.17, 15) is 13.2 Å². The van der Waals surface area contributed by atoms with Gasteiger partial charge in [-0.3, -0.25) is 0 Å². The van der Waals surface area contributed by atoms with Crippen LogP contribution in [0.2, 0.25) is 0 Å². The van der Waals surface area contributed by atoms with Crippen molar-refractivity contribution in [3.05, 3.63) is 29.8 Å². The second-order valence-corrected chi connectivity index (χ2v) is 5.99. The van der Waals surface area contributed by atoms with Crippen LogP contribution in [0, 0.1) is 0 Å². The van der Waals surface area contributed by atoms with Crippen molar-refractivity contribution in [2.24, 2.45) is 0 Å². The van der Waals surface area contributed by atoms with Crippen molar-refractivity contribution < 1.29 is 17.9 Å². The summed E-state index contributed by atoms with van der Waals surface area (Å²) in [6, 6.07) is 5.41. The molecule has 0 atom stereocenters. The van der Waals surface area contributed by atoms with Gasteiger partial charge in [-0.15, -0.1) is 0 Å². The maximum Gasteiger partial charge on any atom is 0.338 e. The highest BCUT2D eigenvalue weighted by Gasteiger charge is 2.14. The van der Waals surface area contributed by atoms with Gasteiger partial charge in [0, 0.05) is 10.7 Å². The summed E-state index contributed by atoms with van der Waals surface area (Å²) < 4.78 is 27.0. The van der Waals surface area contributed by atoms with E-state index in [0.717, 1.165) is 0 Å². The zero-order chi connectivity index (χ0) is 12.3. The summed E-state index contributed by atoms with van der Waals surface area (Å²) >= 11 is 0. The third-order valence-electron chi connectivity index (χ3n) is 1.69. The van der Waals surface area contributed by atoms with Gasteiger partial charge < -0.3 is 4.74 Å². The normalized spacial score (nSPS) is 11.5. The molecule has 1 rings (SSSR count). The van der Waals surface area contributed by atoms with Gasteiger partial charge >= 0.3 is 5.97 Å². The second kappa shape index (κ2) is 4.84. The van der Waals surface area contributed by atoms with Crippen LogP contribution in [-0.2, 0) is 13.8 Å². The number of rotatable bonds is 3. The lowest BCUT2D eigenvalue weighted by atomic mass is 10.2. The Morgan fingerprint density at radius 3 is 2.50 bits per heavy atom. The number of ether oxygens (including phenoxy) is 1. The molecule has 0 aromatic heterocycles. The molecule has 0 fully saturated rings. The molecule has 0 aliphatic rings. The molecule has 4 nitrogen and oxygen atoms in total. The van der Waals surface area contributed by atoms with Gasteiger partial charge in [-0.1, -0.05) is 6.07 Å². The van der Waals surface area contributed by atoms with E-state index in [1.807, 2.05) is 0 Å². The molecule has 0 heterocycles. The highest BCUT2D eigenvalue weighted by atomic mass is 35.7. The predicted octanol–water partition coefficient (Wildman–Crippen LogP) is 2.18. The maximum absolute atomic E-state index is 11.5. The average molecular weight is 263 g/mol. The van der Waals surface area contributed by atoms with Gasteiger partial charge in [0.25, 0.3) is 9.05 Å². The van der Waals surface area contributed by atoms with Crippen molar-refractivity contribution in [2.75, 3.05) is 0 Å². The number of halogens is 1. The fraction of sp³-hybridized carbons (Fsp3) is 0.300. The smallest absolute Gasteiger partial charge is 0.338 e. The minimum Gasteiger partial charge on any atom is -0.459 e. The Bertz CT molecular complexity index is 493. The van der Waals surface area contributed by atoms with Crippen LogP contribution in [0.15, 0.2) is 29.2 Å². The van der Waals surface area contributed by atoms with Crippen LogP contribution in [-0.4, -0.2) is 20.5 Å². The third-order valence-corrected chi connectivity index (χ3v) is 3.05. The van der Waals surface area contributed by atoms with E-state index in [-0.39, 0.29) is 16.6 Å². The lowest BCUT2D eigenvalue weighted by Crippen LogP contribution is -2.11. The Morgan fingerprint density at radius 1 is 1.38 bits per heavy atom. The number of hydrogen-bond acceptors (Lipinski definition) is 4. The molecule has 1 aromatic carbocycles. The molecule has 0 N–H and O–H groups in total. The molecular formula is C10H11ClO4S. The molecule has 0 aliphatic heterocycles. The van der Waals surface area contributed by atoms with Gasteiger partial charge in [-0.05, 0) is 32.0 Å². The fourth-order valence-corrected chi connectivity index (χ4v) is 1.85. The highest BCUT2D eigenvalue weighted by molar-refractivity contribution is 8.13. The molecule has 0 unspecified atom stereocenters. The lowest BCUT2D eigenvalue weighted by Gasteiger charge is -2.08. The largest absolute Gasteiger partial charge is 0.459 e. The molecule has 0 saturated heterocycles. The van der Waals surface area contributed by atoms with Gasteiger partial charge in [0.2, 0.25) is 0 Å². The van der Waals surface area contributed by atoms with Gasteiger partial charge in [-0.25, -0.2) is 13.2 Å². The number of carbonyl (C=O) groups excluding carboxylic acids is 1. The Balaban J connectivity index is 3.04. The number of hydrogen-bond donors (Lipinski definition) is 0. The highest BCUT2D eigenvalue weighted by Crippen LogP contribution is 2.16. The number of carbonyl (C=O) groups is 1. The molecule has 0 aliphatic carbocycles. The Kier molecular flexibility index (Phi) is 3.93. The molecule has 16 heavy (non-hydrogen) atoms. The fourth-order valence-electron chi connectivity index (χ4n) is 1.06. The van der Waals surface area contributed by atoms with Crippen LogP contribution in [0.4, 0.5) is 0 Å². The lowest BCUT2D eigenvalue weighted by molar-refractivity contribution is 0.0377. The van der Waals surface area contributed by atoms with Crippen LogP contribution >= 0.6 is 10.7 Å². The number of esters is 1. The molecule has 88 valence electrons. The summed E-state index contributed by atoms with van der Waals surface area (Å²) in [6.45, 7) is 3.42. The molecule has 6 heteroatoms. The van der Waals surface area contributed by atoms with E-state index in [2.05, 4.69) is 0 Å². The average Bonchev–Trinajstić information content (AvgIpc) is 2.15. The first-order valence-electron chi connectivity index (χ1n) is 4.56. The number of benzene rings is 1. The Morgan fingerprint density at radius 2 is 2.00 bits per heavy atom. The van der Waals surface area contributed by atoms with Crippen molar-refractivity contribution in [1.82, 2.24) is 0 Å². The zero-order valence-corrected chi connectivity index (χ0v) is 10.4. The van der Waals surface area contributed by atoms with Crippen molar-refractivity contribution in [3.8, 4) is 0 Å². The molecule has 0 bridgehead atoms. The van der Waals surface area contributed by atoms with Crippen LogP contribution < -0.4 is 0 Å². The summed E-state index contributed by atoms with van der Waals surface area (Å²) in [4.78, 5) is 11.4. The van der Waals surface area contributed by atoms with Crippen LogP contribution in [0.5, 0.6) is 0 Å². The van der Waals surface area contributed by atoms with Crippen molar-refractivity contribution >= 4 is 25.7 Å². The quantitative estimate of drug-likeness (QED) is 0.619. The summed E-state index contributed by atoms with van der Waals surface area (Å²) in [5.41, 5.74) is 0.162. The van der Waals surface area contributed by atoms with E-state index in [4.69, 9.17) is 15.4 Å². The standard InChI is InChI=1S/C10H11ClO4S/c1-7(2)15-10(12)8-4-3-5-9(6-8)16(11,13)14/h3-7H,1-2H3. The SMILES string of the molecule is CC(C)OC(=O)c1cccc(S(=O)(=O)Cl)c1. The van der Waals surface area contributed by atoms with Crippen molar-refractivity contribution in [2.45, 2.75) is 24.8 Å². The summed E-state index contributed by atoms with van der Waals surface area (Å²) in [5, 5.41) is 0. The van der Waals surface area contributed by atoms with E-state index >= 15 is 0 Å². The van der Waals surface area contributed by atoms with Gasteiger partial charge in [-0.2, -0.15) is 0 Å². The minimum absolute atomic E-state index is 0.118. The Hall–Kier alpha value is -1.07. The Labute approximate surface area is 98.6 Å². The minimum atomic E-state index is -3.82. The van der Waals surface area contributed by atoms with Crippen molar-refractivity contribution in [3.63, 3.8) is 0 Å². The first-order valence-corrected chi connectivity index (χ1v) is 6.87. The molecular weight excluding hydrogens is 252 g/mol. The molecule has 0 radical (unpaired) electrons. The second-order valence-electron chi connectivity index (χ2n) is 3.42. The maximum atomic E-state index is 11.5. The van der Waals surface area contributed by atoms with E-state index < -0.39 is 15.0 Å². The van der Waals surface area contributed by atoms with Crippen LogP contribution in [0.1, 0.15) is 24.2 Å². The monoisotopic (exact) mass is 262 g/mol. The molecule has 0 spiro atoms. The van der Waals surface area contributed by atoms with Crippen molar-refractivity contribution in [1.29, 1.82) is 0 Å². The van der Waals surface area contributed by atoms with Gasteiger partial charge in [0.15, 0.2) is 0 Å². The van der Waals surface area contributed by atoms with Gasteiger partial charge in [0.05, 0.1) is 16.6 Å². The summed E-state index contributed by atoms with van der Waals surface area (Å²) in [7, 11) is 1.34. The summed E-state index contributed by atoms with van der Waals surface area (Å²) in [6.07, 6.45) is -0.260. The molecule has 0 amide bonds. The summed E-state index contributed by atoms with van der Waals surface area (Å²) in [5.74, 6) is -0.572. The first-order chi connectivity index (χ1) is 7.30. The van der Waals surface area contributed by atoms with E-state index in [1.54, 1.807) is 13.8 Å². The van der Waals surface area contributed by atoms with Crippen LogP contribution in [0.3, 0.4) is 0 Å². The van der Waals surface area contributed by atoms with Crippen LogP contribution in [0.25, 0.3) is 0 Å². The first kappa shape index (κ1) is 13.0. The predicted molar refractivity (Wildman–Crippen MR) is 60.0 cm³/mol. The molecule has 1 aromatic rings. The zero-order valence-electron chi connectivity index (χ0n) is 8.81. The molecule has 0 saturated carbocycles. The third kappa shape index (κ3) is 3.50. The van der Waals surface area contributed by atoms with E-state index in [1.165, 1.54) is 24.3 Å². The van der Waals surface area contributed by atoms with E-state index in [0.29, 0.717) is 0 Å². The van der Waals surface area contributed by atoms with Gasteiger partial charge in [0.1, 0.15) is 0 Å². The topological polar surface area (TPSA) is 60.4 Å².